The second-order valence-electron chi connectivity index (χ2n) is 7.13. The summed E-state index contributed by atoms with van der Waals surface area (Å²) in [5, 5.41) is 0. The van der Waals surface area contributed by atoms with E-state index in [2.05, 4.69) is 6.58 Å². The molecule has 0 spiro atoms. The lowest BCUT2D eigenvalue weighted by atomic mass is 9.91. The SMILES string of the molecule is C=C[C@H](Cc1ccc(F)cc1)[C@@H](Oc1ccccc1)[C@H](C)OCc1ccccc1. The average Bonchev–Trinajstić information content (AvgIpc) is 2.77. The van der Waals surface area contributed by atoms with Crippen LogP contribution in [-0.2, 0) is 17.8 Å². The van der Waals surface area contributed by atoms with Crippen LogP contribution in [0.2, 0.25) is 0 Å². The second-order valence-corrected chi connectivity index (χ2v) is 7.13. The normalized spacial score (nSPS) is 14.0. The highest BCUT2D eigenvalue weighted by atomic mass is 19.1. The lowest BCUT2D eigenvalue weighted by Crippen LogP contribution is -2.38. The molecule has 0 unspecified atom stereocenters. The molecule has 0 heterocycles. The fraction of sp³-hybridized carbons (Fsp3) is 0.231. The summed E-state index contributed by atoms with van der Waals surface area (Å²) in [6, 6.07) is 26.4. The Morgan fingerprint density at radius 2 is 1.48 bits per heavy atom. The molecule has 0 aliphatic heterocycles. The molecule has 3 heteroatoms. The van der Waals surface area contributed by atoms with Gasteiger partial charge in [0.05, 0.1) is 12.7 Å². The molecular formula is C26H27FO2. The zero-order chi connectivity index (χ0) is 20.5. The van der Waals surface area contributed by atoms with E-state index in [0.717, 1.165) is 16.9 Å². The molecule has 0 saturated heterocycles. The van der Waals surface area contributed by atoms with E-state index in [9.17, 15) is 4.39 Å². The van der Waals surface area contributed by atoms with E-state index in [1.807, 2.05) is 73.7 Å². The summed E-state index contributed by atoms with van der Waals surface area (Å²) in [6.45, 7) is 6.56. The zero-order valence-electron chi connectivity index (χ0n) is 16.7. The lowest BCUT2D eigenvalue weighted by molar-refractivity contribution is -0.0394. The predicted octanol–water partition coefficient (Wildman–Crippen LogP) is 6.22. The monoisotopic (exact) mass is 390 g/mol. The van der Waals surface area contributed by atoms with Gasteiger partial charge < -0.3 is 9.47 Å². The van der Waals surface area contributed by atoms with Crippen molar-refractivity contribution in [1.29, 1.82) is 0 Å². The average molecular weight is 390 g/mol. The van der Waals surface area contributed by atoms with Gasteiger partial charge in [-0.3, -0.25) is 0 Å². The van der Waals surface area contributed by atoms with Gasteiger partial charge in [0.25, 0.3) is 0 Å². The van der Waals surface area contributed by atoms with E-state index in [4.69, 9.17) is 9.47 Å². The number of halogens is 1. The number of hydrogen-bond acceptors (Lipinski definition) is 2. The third kappa shape index (κ3) is 6.30. The third-order valence-corrected chi connectivity index (χ3v) is 4.94. The van der Waals surface area contributed by atoms with Crippen LogP contribution in [0, 0.1) is 11.7 Å². The number of ether oxygens (including phenoxy) is 2. The Kier molecular flexibility index (Phi) is 7.60. The Morgan fingerprint density at radius 1 is 0.862 bits per heavy atom. The summed E-state index contributed by atoms with van der Waals surface area (Å²) in [4.78, 5) is 0. The van der Waals surface area contributed by atoms with Crippen LogP contribution in [0.15, 0.2) is 97.6 Å². The molecule has 0 aliphatic carbocycles. The fourth-order valence-corrected chi connectivity index (χ4v) is 3.31. The van der Waals surface area contributed by atoms with Crippen molar-refractivity contribution in [2.75, 3.05) is 0 Å². The molecule has 0 saturated carbocycles. The Labute approximate surface area is 172 Å². The number of hydrogen-bond donors (Lipinski definition) is 0. The first-order valence-electron chi connectivity index (χ1n) is 9.90. The standard InChI is InChI=1S/C26H27FO2/c1-3-23(18-21-14-16-24(27)17-15-21)26(29-25-12-8-5-9-13-25)20(2)28-19-22-10-6-4-7-11-22/h3-17,20,23,26H,1,18-19H2,2H3/t20-,23+,26-/m0/s1. The first-order valence-corrected chi connectivity index (χ1v) is 9.90. The van der Waals surface area contributed by atoms with E-state index in [-0.39, 0.29) is 23.9 Å². The van der Waals surface area contributed by atoms with Crippen LogP contribution in [0.4, 0.5) is 4.39 Å². The van der Waals surface area contributed by atoms with Crippen LogP contribution < -0.4 is 4.74 Å². The van der Waals surface area contributed by atoms with Gasteiger partial charge in [0.15, 0.2) is 0 Å². The summed E-state index contributed by atoms with van der Waals surface area (Å²) in [6.07, 6.45) is 2.20. The first kappa shape index (κ1) is 20.8. The number of benzene rings is 3. The van der Waals surface area contributed by atoms with Crippen LogP contribution in [-0.4, -0.2) is 12.2 Å². The highest BCUT2D eigenvalue weighted by Crippen LogP contribution is 2.24. The minimum atomic E-state index is -0.236. The van der Waals surface area contributed by atoms with E-state index in [1.165, 1.54) is 12.1 Å². The maximum Gasteiger partial charge on any atom is 0.131 e. The molecule has 29 heavy (non-hydrogen) atoms. The molecule has 0 aliphatic rings. The summed E-state index contributed by atoms with van der Waals surface area (Å²) in [5.41, 5.74) is 2.15. The first-order chi connectivity index (χ1) is 14.2. The van der Waals surface area contributed by atoms with Crippen LogP contribution >= 0.6 is 0 Å². The summed E-state index contributed by atoms with van der Waals surface area (Å²) in [5.74, 6) is 0.561. The van der Waals surface area contributed by atoms with Gasteiger partial charge in [-0.1, -0.05) is 66.7 Å². The molecule has 0 amide bonds. The Bertz CT molecular complexity index is 862. The quantitative estimate of drug-likeness (QED) is 0.382. The minimum absolute atomic E-state index is 0.00596. The van der Waals surface area contributed by atoms with Gasteiger partial charge >= 0.3 is 0 Å². The van der Waals surface area contributed by atoms with Gasteiger partial charge in [0.1, 0.15) is 17.7 Å². The number of para-hydroxylation sites is 1. The van der Waals surface area contributed by atoms with Crippen molar-refractivity contribution >= 4 is 0 Å². The maximum atomic E-state index is 13.3. The van der Waals surface area contributed by atoms with Crippen LogP contribution in [0.3, 0.4) is 0 Å². The van der Waals surface area contributed by atoms with Crippen molar-refractivity contribution in [3.05, 3.63) is 115 Å². The highest BCUT2D eigenvalue weighted by Gasteiger charge is 2.28. The van der Waals surface area contributed by atoms with Gasteiger partial charge in [0, 0.05) is 5.92 Å². The molecule has 3 aromatic carbocycles. The van der Waals surface area contributed by atoms with Crippen LogP contribution in [0.1, 0.15) is 18.1 Å². The molecule has 3 aromatic rings. The Morgan fingerprint density at radius 3 is 2.10 bits per heavy atom. The van der Waals surface area contributed by atoms with Gasteiger partial charge in [-0.25, -0.2) is 4.39 Å². The lowest BCUT2D eigenvalue weighted by Gasteiger charge is -2.31. The molecule has 0 N–H and O–H groups in total. The molecule has 3 atom stereocenters. The third-order valence-electron chi connectivity index (χ3n) is 4.94. The summed E-state index contributed by atoms with van der Waals surface area (Å²) >= 11 is 0. The largest absolute Gasteiger partial charge is 0.487 e. The maximum absolute atomic E-state index is 13.3. The van der Waals surface area contributed by atoms with E-state index >= 15 is 0 Å². The predicted molar refractivity (Wildman–Crippen MR) is 115 cm³/mol. The molecule has 150 valence electrons. The summed E-state index contributed by atoms with van der Waals surface area (Å²) < 4.78 is 25.8. The topological polar surface area (TPSA) is 18.5 Å². The number of rotatable bonds is 10. The molecule has 0 aromatic heterocycles. The van der Waals surface area contributed by atoms with Crippen molar-refractivity contribution < 1.29 is 13.9 Å². The van der Waals surface area contributed by atoms with Crippen molar-refractivity contribution in [2.24, 2.45) is 5.92 Å². The summed E-state index contributed by atoms with van der Waals surface area (Å²) in [7, 11) is 0. The van der Waals surface area contributed by atoms with Crippen molar-refractivity contribution in [1.82, 2.24) is 0 Å². The van der Waals surface area contributed by atoms with E-state index in [1.54, 1.807) is 12.1 Å². The molecular weight excluding hydrogens is 363 g/mol. The van der Waals surface area contributed by atoms with Crippen LogP contribution in [0.5, 0.6) is 5.75 Å². The van der Waals surface area contributed by atoms with E-state index in [0.29, 0.717) is 13.0 Å². The van der Waals surface area contributed by atoms with Gasteiger partial charge in [-0.15, -0.1) is 6.58 Å². The second kappa shape index (κ2) is 10.6. The molecule has 0 bridgehead atoms. The van der Waals surface area contributed by atoms with Crippen molar-refractivity contribution in [3.63, 3.8) is 0 Å². The van der Waals surface area contributed by atoms with E-state index < -0.39 is 0 Å². The Balaban J connectivity index is 1.76. The minimum Gasteiger partial charge on any atom is -0.487 e. The van der Waals surface area contributed by atoms with Crippen molar-refractivity contribution in [2.45, 2.75) is 32.2 Å². The molecule has 3 rings (SSSR count). The highest BCUT2D eigenvalue weighted by molar-refractivity contribution is 5.23. The fourth-order valence-electron chi connectivity index (χ4n) is 3.31. The smallest absolute Gasteiger partial charge is 0.131 e. The van der Waals surface area contributed by atoms with Gasteiger partial charge in [0.2, 0.25) is 0 Å². The molecule has 0 radical (unpaired) electrons. The zero-order valence-corrected chi connectivity index (χ0v) is 16.7. The van der Waals surface area contributed by atoms with Crippen LogP contribution in [0.25, 0.3) is 0 Å². The van der Waals surface area contributed by atoms with Gasteiger partial charge in [-0.2, -0.15) is 0 Å². The molecule has 2 nitrogen and oxygen atoms in total. The van der Waals surface area contributed by atoms with Gasteiger partial charge in [-0.05, 0) is 48.7 Å². The van der Waals surface area contributed by atoms with Crippen molar-refractivity contribution in [3.8, 4) is 5.75 Å². The Hall–Kier alpha value is -2.91. The molecule has 0 fully saturated rings.